The molecule has 0 fully saturated rings. The maximum Gasteiger partial charge on any atom is 0.232 e. The highest BCUT2D eigenvalue weighted by molar-refractivity contribution is 7.92. The van der Waals surface area contributed by atoms with Crippen LogP contribution in [0, 0.1) is 27.7 Å². The molecular formula is C24H34N2O3S. The van der Waals surface area contributed by atoms with Crippen molar-refractivity contribution in [2.45, 2.75) is 59.9 Å². The Morgan fingerprint density at radius 1 is 1.00 bits per heavy atom. The van der Waals surface area contributed by atoms with Gasteiger partial charge >= 0.3 is 0 Å². The Morgan fingerprint density at radius 3 is 2.17 bits per heavy atom. The second-order valence-corrected chi connectivity index (χ2v) is 10.1. The third-order valence-corrected chi connectivity index (χ3v) is 6.40. The Balaban J connectivity index is 2.03. The number of amides is 1. The van der Waals surface area contributed by atoms with Crippen molar-refractivity contribution in [2.24, 2.45) is 0 Å². The van der Waals surface area contributed by atoms with Gasteiger partial charge in [-0.2, -0.15) is 0 Å². The number of hydrogen-bond acceptors (Lipinski definition) is 3. The number of rotatable bonds is 9. The first kappa shape index (κ1) is 23.9. The number of nitrogens with one attached hydrogen (secondary N) is 1. The zero-order valence-corrected chi connectivity index (χ0v) is 19.8. The molecule has 0 radical (unpaired) electrons. The lowest BCUT2D eigenvalue weighted by atomic mass is 9.97. The lowest BCUT2D eigenvalue weighted by Crippen LogP contribution is -2.33. The summed E-state index contributed by atoms with van der Waals surface area (Å²) in [5.41, 5.74) is 6.16. The molecule has 1 N–H and O–H groups in total. The number of sulfonamides is 1. The van der Waals surface area contributed by atoms with E-state index in [2.05, 4.69) is 44.3 Å². The minimum absolute atomic E-state index is 0.0384. The SMILES string of the molecule is CC[C@@H](NC(=O)CCCN(c1cc(C)cc(C)c1)S(C)(=O)=O)c1ccc(C)cc1C. The number of carbonyl (C=O) groups excluding carboxylic acids is 1. The van der Waals surface area contributed by atoms with E-state index in [-0.39, 0.29) is 24.9 Å². The summed E-state index contributed by atoms with van der Waals surface area (Å²) in [4.78, 5) is 12.6. The van der Waals surface area contributed by atoms with Crippen LogP contribution in [0.4, 0.5) is 5.69 Å². The number of benzene rings is 2. The normalized spacial score (nSPS) is 12.5. The molecule has 0 aliphatic heterocycles. The lowest BCUT2D eigenvalue weighted by Gasteiger charge is -2.24. The molecule has 0 aromatic heterocycles. The molecule has 0 aliphatic carbocycles. The van der Waals surface area contributed by atoms with E-state index in [4.69, 9.17) is 0 Å². The molecule has 5 nitrogen and oxygen atoms in total. The smallest absolute Gasteiger partial charge is 0.232 e. The fourth-order valence-electron chi connectivity index (χ4n) is 3.85. The second kappa shape index (κ2) is 10.1. The fraction of sp³-hybridized carbons (Fsp3) is 0.458. The quantitative estimate of drug-likeness (QED) is 0.625. The van der Waals surface area contributed by atoms with Gasteiger partial charge in [0.05, 0.1) is 18.0 Å². The van der Waals surface area contributed by atoms with Crippen molar-refractivity contribution in [3.63, 3.8) is 0 Å². The van der Waals surface area contributed by atoms with Crippen molar-refractivity contribution in [2.75, 3.05) is 17.1 Å². The number of carbonyl (C=O) groups is 1. The predicted octanol–water partition coefficient (Wildman–Crippen LogP) is 4.73. The summed E-state index contributed by atoms with van der Waals surface area (Å²) in [6.07, 6.45) is 2.74. The van der Waals surface area contributed by atoms with Gasteiger partial charge in [0.25, 0.3) is 0 Å². The van der Waals surface area contributed by atoms with Crippen LogP contribution in [0.25, 0.3) is 0 Å². The standard InChI is InChI=1S/C24H34N2O3S/c1-7-23(22-11-10-17(2)14-20(22)5)25-24(27)9-8-12-26(30(6,28)29)21-15-18(3)13-19(4)16-21/h10-11,13-16,23H,7-9,12H2,1-6H3,(H,25,27)/t23-/m1/s1. The summed E-state index contributed by atoms with van der Waals surface area (Å²) in [7, 11) is -3.43. The van der Waals surface area contributed by atoms with E-state index in [1.165, 1.54) is 21.7 Å². The van der Waals surface area contributed by atoms with Crippen molar-refractivity contribution in [1.29, 1.82) is 0 Å². The van der Waals surface area contributed by atoms with Gasteiger partial charge in [0, 0.05) is 13.0 Å². The van der Waals surface area contributed by atoms with Crippen LogP contribution in [-0.2, 0) is 14.8 Å². The first-order valence-corrected chi connectivity index (χ1v) is 12.3. The highest BCUT2D eigenvalue weighted by Gasteiger charge is 2.19. The van der Waals surface area contributed by atoms with E-state index in [1.807, 2.05) is 32.0 Å². The molecule has 1 atom stereocenters. The van der Waals surface area contributed by atoms with E-state index in [1.54, 1.807) is 0 Å². The van der Waals surface area contributed by atoms with E-state index in [9.17, 15) is 13.2 Å². The first-order valence-electron chi connectivity index (χ1n) is 10.4. The minimum Gasteiger partial charge on any atom is -0.349 e. The Bertz CT molecular complexity index is 979. The summed E-state index contributed by atoms with van der Waals surface area (Å²) in [6, 6.07) is 12.0. The predicted molar refractivity (Wildman–Crippen MR) is 124 cm³/mol. The van der Waals surface area contributed by atoms with E-state index >= 15 is 0 Å². The molecule has 0 spiro atoms. The summed E-state index contributed by atoms with van der Waals surface area (Å²) in [5.74, 6) is -0.0595. The Kier molecular flexibility index (Phi) is 8.07. The molecule has 164 valence electrons. The van der Waals surface area contributed by atoms with Gasteiger partial charge in [-0.05, 0) is 74.9 Å². The molecule has 30 heavy (non-hydrogen) atoms. The van der Waals surface area contributed by atoms with Crippen LogP contribution in [0.15, 0.2) is 36.4 Å². The van der Waals surface area contributed by atoms with Crippen LogP contribution in [0.3, 0.4) is 0 Å². The molecule has 2 rings (SSSR count). The highest BCUT2D eigenvalue weighted by Crippen LogP contribution is 2.23. The van der Waals surface area contributed by atoms with Gasteiger partial charge < -0.3 is 5.32 Å². The largest absolute Gasteiger partial charge is 0.349 e. The van der Waals surface area contributed by atoms with Crippen molar-refractivity contribution in [3.05, 3.63) is 64.2 Å². The van der Waals surface area contributed by atoms with E-state index < -0.39 is 10.0 Å². The van der Waals surface area contributed by atoms with Crippen LogP contribution in [0.1, 0.15) is 60.0 Å². The van der Waals surface area contributed by atoms with Gasteiger partial charge in [-0.15, -0.1) is 0 Å². The molecule has 0 unspecified atom stereocenters. The van der Waals surface area contributed by atoms with Gasteiger partial charge in [-0.25, -0.2) is 8.42 Å². The van der Waals surface area contributed by atoms with E-state index in [0.29, 0.717) is 12.1 Å². The average Bonchev–Trinajstić information content (AvgIpc) is 2.62. The van der Waals surface area contributed by atoms with Crippen molar-refractivity contribution >= 4 is 21.6 Å². The van der Waals surface area contributed by atoms with Crippen LogP contribution >= 0.6 is 0 Å². The topological polar surface area (TPSA) is 66.5 Å². The second-order valence-electron chi connectivity index (χ2n) is 8.17. The molecule has 0 bridgehead atoms. The van der Waals surface area contributed by atoms with Crippen molar-refractivity contribution in [3.8, 4) is 0 Å². The minimum atomic E-state index is -3.43. The summed E-state index contributed by atoms with van der Waals surface area (Å²) < 4.78 is 26.0. The average molecular weight is 431 g/mol. The molecule has 1 amide bonds. The molecule has 0 saturated carbocycles. The fourth-order valence-corrected chi connectivity index (χ4v) is 4.80. The third kappa shape index (κ3) is 6.59. The summed E-state index contributed by atoms with van der Waals surface area (Å²) in [5, 5.41) is 3.11. The number of anilines is 1. The van der Waals surface area contributed by atoms with Gasteiger partial charge in [0.1, 0.15) is 0 Å². The van der Waals surface area contributed by atoms with Crippen molar-refractivity contribution < 1.29 is 13.2 Å². The summed E-state index contributed by atoms with van der Waals surface area (Å²) in [6.45, 7) is 10.3. The van der Waals surface area contributed by atoms with Crippen LogP contribution in [0.2, 0.25) is 0 Å². The monoisotopic (exact) mass is 430 g/mol. The molecule has 0 heterocycles. The van der Waals surface area contributed by atoms with Crippen LogP contribution in [-0.4, -0.2) is 27.1 Å². The maximum absolute atomic E-state index is 12.6. The van der Waals surface area contributed by atoms with Gasteiger partial charge in [0.15, 0.2) is 0 Å². The Morgan fingerprint density at radius 2 is 1.63 bits per heavy atom. The van der Waals surface area contributed by atoms with Gasteiger partial charge in [-0.1, -0.05) is 36.8 Å². The lowest BCUT2D eigenvalue weighted by molar-refractivity contribution is -0.121. The van der Waals surface area contributed by atoms with Crippen LogP contribution < -0.4 is 9.62 Å². The van der Waals surface area contributed by atoms with Gasteiger partial charge in [0.2, 0.25) is 15.9 Å². The Labute approximate surface area is 181 Å². The first-order chi connectivity index (χ1) is 14.0. The van der Waals surface area contributed by atoms with Gasteiger partial charge in [-0.3, -0.25) is 9.10 Å². The van der Waals surface area contributed by atoms with Crippen LogP contribution in [0.5, 0.6) is 0 Å². The molecule has 0 aliphatic rings. The molecule has 2 aromatic carbocycles. The van der Waals surface area contributed by atoms with Crippen molar-refractivity contribution in [1.82, 2.24) is 5.32 Å². The molecule has 2 aromatic rings. The molecule has 0 saturated heterocycles. The molecular weight excluding hydrogens is 396 g/mol. The zero-order chi connectivity index (χ0) is 22.5. The number of nitrogens with zero attached hydrogens (tertiary/aromatic N) is 1. The highest BCUT2D eigenvalue weighted by atomic mass is 32.2. The maximum atomic E-state index is 12.6. The Hall–Kier alpha value is -2.34. The summed E-state index contributed by atoms with van der Waals surface area (Å²) >= 11 is 0. The van der Waals surface area contributed by atoms with E-state index in [0.717, 1.165) is 23.1 Å². The molecule has 6 heteroatoms. The third-order valence-electron chi connectivity index (χ3n) is 5.20. The number of hydrogen-bond donors (Lipinski definition) is 1. The number of aryl methyl sites for hydroxylation is 4. The zero-order valence-electron chi connectivity index (χ0n) is 19.0.